The van der Waals surface area contributed by atoms with Crippen LogP contribution in [0.25, 0.3) is 0 Å². The van der Waals surface area contributed by atoms with E-state index < -0.39 is 0 Å². The van der Waals surface area contributed by atoms with Gasteiger partial charge in [0.1, 0.15) is 5.82 Å². The Balaban J connectivity index is 1.60. The molecule has 0 N–H and O–H groups in total. The highest BCUT2D eigenvalue weighted by atomic mass is 19.1. The molecule has 0 bridgehead atoms. The van der Waals surface area contributed by atoms with Gasteiger partial charge >= 0.3 is 0 Å². The summed E-state index contributed by atoms with van der Waals surface area (Å²) < 4.78 is 13.6. The van der Waals surface area contributed by atoms with Crippen molar-refractivity contribution in [3.8, 4) is 0 Å². The van der Waals surface area contributed by atoms with Crippen molar-refractivity contribution in [3.63, 3.8) is 0 Å². The number of fused-ring (bicyclic) bond motifs is 1. The maximum absolute atomic E-state index is 13.9. The van der Waals surface area contributed by atoms with Crippen LogP contribution in [-0.4, -0.2) is 17.9 Å². The van der Waals surface area contributed by atoms with Crippen LogP contribution in [0.5, 0.6) is 0 Å². The lowest BCUT2D eigenvalue weighted by Gasteiger charge is -2.43. The number of para-hydroxylation sites is 2. The van der Waals surface area contributed by atoms with E-state index in [1.165, 1.54) is 24.3 Å². The van der Waals surface area contributed by atoms with Gasteiger partial charge in [0.25, 0.3) is 11.8 Å². The Labute approximate surface area is 210 Å². The van der Waals surface area contributed by atoms with Crippen LogP contribution in [0.2, 0.25) is 0 Å². The predicted molar refractivity (Wildman–Crippen MR) is 141 cm³/mol. The molecule has 4 aromatic carbocycles. The standard InChI is InChI=1S/C31H27FN2O2/c1-21-12-14-23(15-13-21)30(35)33-22(2)20-29(27-10-6-7-11-28(27)33)34(26-8-4-3-5-9-26)31(36)24-16-18-25(32)19-17-24/h3-19,22,29H,20H2,1-2H3/t22-,29+/m0/s1. The van der Waals surface area contributed by atoms with Gasteiger partial charge in [0.15, 0.2) is 0 Å². The number of hydrogen-bond acceptors (Lipinski definition) is 2. The first kappa shape index (κ1) is 23.5. The molecule has 0 fully saturated rings. The van der Waals surface area contributed by atoms with Gasteiger partial charge in [0.05, 0.1) is 6.04 Å². The van der Waals surface area contributed by atoms with Crippen LogP contribution in [0.15, 0.2) is 103 Å². The zero-order valence-electron chi connectivity index (χ0n) is 20.3. The monoisotopic (exact) mass is 478 g/mol. The summed E-state index contributed by atoms with van der Waals surface area (Å²) in [5.74, 6) is -0.671. The third-order valence-corrected chi connectivity index (χ3v) is 6.73. The predicted octanol–water partition coefficient (Wildman–Crippen LogP) is 6.96. The van der Waals surface area contributed by atoms with Crippen LogP contribution in [0, 0.1) is 12.7 Å². The van der Waals surface area contributed by atoms with Crippen LogP contribution < -0.4 is 9.80 Å². The minimum absolute atomic E-state index is 0.0653. The molecule has 0 aliphatic carbocycles. The summed E-state index contributed by atoms with van der Waals surface area (Å²) in [4.78, 5) is 31.1. The van der Waals surface area contributed by atoms with Crippen molar-refractivity contribution in [2.45, 2.75) is 32.4 Å². The SMILES string of the molecule is Cc1ccc(C(=O)N2c3ccccc3[C@H](N(C(=O)c3ccc(F)cc3)c3ccccc3)C[C@@H]2C)cc1. The Bertz CT molecular complexity index is 1380. The van der Waals surface area contributed by atoms with E-state index in [-0.39, 0.29) is 29.7 Å². The van der Waals surface area contributed by atoms with Gasteiger partial charge in [-0.1, -0.05) is 54.1 Å². The molecule has 2 amide bonds. The third kappa shape index (κ3) is 4.40. The first-order chi connectivity index (χ1) is 17.4. The number of anilines is 2. The van der Waals surface area contributed by atoms with Gasteiger partial charge in [-0.15, -0.1) is 0 Å². The van der Waals surface area contributed by atoms with Gasteiger partial charge in [-0.2, -0.15) is 0 Å². The molecule has 0 saturated heterocycles. The molecule has 5 rings (SSSR count). The first-order valence-corrected chi connectivity index (χ1v) is 12.1. The van der Waals surface area contributed by atoms with Gasteiger partial charge in [-0.25, -0.2) is 4.39 Å². The lowest BCUT2D eigenvalue weighted by atomic mass is 9.89. The number of amides is 2. The molecule has 0 aromatic heterocycles. The normalized spacial score (nSPS) is 16.8. The van der Waals surface area contributed by atoms with Gasteiger partial charge in [0, 0.05) is 28.5 Å². The summed E-state index contributed by atoms with van der Waals surface area (Å²) in [7, 11) is 0. The summed E-state index contributed by atoms with van der Waals surface area (Å²) in [6.45, 7) is 4.01. The Kier molecular flexibility index (Phi) is 6.38. The zero-order valence-corrected chi connectivity index (χ0v) is 20.3. The summed E-state index contributed by atoms with van der Waals surface area (Å²) in [6.07, 6.45) is 0.552. The Morgan fingerprint density at radius 2 is 1.42 bits per heavy atom. The number of carbonyl (C=O) groups is 2. The third-order valence-electron chi connectivity index (χ3n) is 6.73. The minimum Gasteiger partial charge on any atom is -0.305 e. The number of benzene rings is 4. The van der Waals surface area contributed by atoms with Crippen molar-refractivity contribution < 1.29 is 14.0 Å². The smallest absolute Gasteiger partial charge is 0.258 e. The van der Waals surface area contributed by atoms with E-state index in [4.69, 9.17) is 0 Å². The summed E-state index contributed by atoms with van der Waals surface area (Å²) in [6, 6.07) is 30.0. The van der Waals surface area contributed by atoms with E-state index in [1.807, 2.05) is 97.6 Å². The molecule has 4 nitrogen and oxygen atoms in total. The number of hydrogen-bond donors (Lipinski definition) is 0. The van der Waals surface area contributed by atoms with Crippen LogP contribution >= 0.6 is 0 Å². The fourth-order valence-corrected chi connectivity index (χ4v) is 4.93. The van der Waals surface area contributed by atoms with Gasteiger partial charge in [0.2, 0.25) is 0 Å². The van der Waals surface area contributed by atoms with Crippen LogP contribution in [0.4, 0.5) is 15.8 Å². The average molecular weight is 479 g/mol. The number of rotatable bonds is 4. The summed E-state index contributed by atoms with van der Waals surface area (Å²) in [5, 5.41) is 0. The highest BCUT2D eigenvalue weighted by molar-refractivity contribution is 6.09. The number of carbonyl (C=O) groups excluding carboxylic acids is 2. The molecule has 0 radical (unpaired) electrons. The Morgan fingerprint density at radius 3 is 2.11 bits per heavy atom. The molecule has 1 aliphatic heterocycles. The molecule has 36 heavy (non-hydrogen) atoms. The van der Waals surface area contributed by atoms with Gasteiger partial charge in [-0.3, -0.25) is 9.59 Å². The highest BCUT2D eigenvalue weighted by Gasteiger charge is 2.39. The molecule has 1 heterocycles. The van der Waals surface area contributed by atoms with Crippen molar-refractivity contribution in [3.05, 3.63) is 131 Å². The lowest BCUT2D eigenvalue weighted by Crippen LogP contribution is -2.47. The molecule has 4 aromatic rings. The van der Waals surface area contributed by atoms with E-state index in [9.17, 15) is 14.0 Å². The van der Waals surface area contributed by atoms with E-state index in [2.05, 4.69) is 0 Å². The lowest BCUT2D eigenvalue weighted by molar-refractivity contribution is 0.0965. The molecule has 0 spiro atoms. The topological polar surface area (TPSA) is 40.6 Å². The fraction of sp³-hybridized carbons (Fsp3) is 0.161. The van der Waals surface area contributed by atoms with Crippen molar-refractivity contribution in [1.82, 2.24) is 0 Å². The maximum Gasteiger partial charge on any atom is 0.258 e. The first-order valence-electron chi connectivity index (χ1n) is 12.1. The number of aryl methyl sites for hydroxylation is 1. The van der Waals surface area contributed by atoms with Gasteiger partial charge < -0.3 is 9.80 Å². The molecule has 180 valence electrons. The molecular weight excluding hydrogens is 451 g/mol. The largest absolute Gasteiger partial charge is 0.305 e. The Morgan fingerprint density at radius 1 is 0.806 bits per heavy atom. The second kappa shape index (κ2) is 9.78. The molecule has 2 atom stereocenters. The number of nitrogens with zero attached hydrogens (tertiary/aromatic N) is 2. The average Bonchev–Trinajstić information content (AvgIpc) is 2.90. The second-order valence-corrected chi connectivity index (χ2v) is 9.22. The fourth-order valence-electron chi connectivity index (χ4n) is 4.93. The van der Waals surface area contributed by atoms with Gasteiger partial charge in [-0.05, 0) is 80.4 Å². The Hall–Kier alpha value is -4.25. The molecule has 5 heteroatoms. The molecule has 1 aliphatic rings. The highest BCUT2D eigenvalue weighted by Crippen LogP contribution is 2.43. The summed E-state index contributed by atoms with van der Waals surface area (Å²) >= 11 is 0. The molecule has 0 unspecified atom stereocenters. The van der Waals surface area contributed by atoms with E-state index in [1.54, 1.807) is 4.90 Å². The van der Waals surface area contributed by atoms with Crippen molar-refractivity contribution in [1.29, 1.82) is 0 Å². The number of halogens is 1. The van der Waals surface area contributed by atoms with Crippen LogP contribution in [-0.2, 0) is 0 Å². The van der Waals surface area contributed by atoms with Crippen LogP contribution in [0.1, 0.15) is 51.2 Å². The van der Waals surface area contributed by atoms with E-state index in [0.717, 1.165) is 22.5 Å². The molecule has 0 saturated carbocycles. The zero-order chi connectivity index (χ0) is 25.2. The van der Waals surface area contributed by atoms with Crippen molar-refractivity contribution in [2.75, 3.05) is 9.80 Å². The van der Waals surface area contributed by atoms with Crippen molar-refractivity contribution in [2.24, 2.45) is 0 Å². The van der Waals surface area contributed by atoms with Crippen LogP contribution in [0.3, 0.4) is 0 Å². The van der Waals surface area contributed by atoms with E-state index in [0.29, 0.717) is 17.5 Å². The van der Waals surface area contributed by atoms with E-state index >= 15 is 0 Å². The summed E-state index contributed by atoms with van der Waals surface area (Å²) in [5.41, 5.74) is 4.57. The molecular formula is C31H27FN2O2. The second-order valence-electron chi connectivity index (χ2n) is 9.22. The minimum atomic E-state index is -0.389. The quantitative estimate of drug-likeness (QED) is 0.318. The maximum atomic E-state index is 13.9. The van der Waals surface area contributed by atoms with Crippen molar-refractivity contribution >= 4 is 23.2 Å².